The minimum absolute atomic E-state index is 0.137. The number of carbonyl (C=O) groups excluding carboxylic acids is 3. The quantitative estimate of drug-likeness (QED) is 0.332. The standard InChI is InChI=1S/C22H30O7/c1-7-11(2)21(25)29-20-18-14(5)22(26)28-17(18)10-13(4)16(27-15(6)23)9-8-12(3)19(20)24/h8,10-11,16-20,24H,5,7,9H2,1-4,6H3. The predicted octanol–water partition coefficient (Wildman–Crippen LogP) is 2.63. The molecule has 1 fully saturated rings. The van der Waals surface area contributed by atoms with Crippen molar-refractivity contribution in [1.29, 1.82) is 0 Å². The van der Waals surface area contributed by atoms with Crippen molar-refractivity contribution in [1.82, 2.24) is 0 Å². The SMILES string of the molecule is C=C1C(=O)OC2C=C(C)C(OC(C)=O)CC=C(C)C(O)C(OC(=O)C(C)CC)C12. The molecule has 0 amide bonds. The molecule has 2 rings (SSSR count). The van der Waals surface area contributed by atoms with Gasteiger partial charge >= 0.3 is 17.9 Å². The fourth-order valence-electron chi connectivity index (χ4n) is 3.45. The van der Waals surface area contributed by atoms with Crippen LogP contribution in [0.15, 0.2) is 35.5 Å². The van der Waals surface area contributed by atoms with Crippen molar-refractivity contribution in [3.8, 4) is 0 Å². The van der Waals surface area contributed by atoms with Crippen LogP contribution in [0.5, 0.6) is 0 Å². The monoisotopic (exact) mass is 406 g/mol. The Bertz CT molecular complexity index is 748. The van der Waals surface area contributed by atoms with Gasteiger partial charge in [0.1, 0.15) is 24.4 Å². The Hall–Kier alpha value is -2.41. The summed E-state index contributed by atoms with van der Waals surface area (Å²) < 4.78 is 16.5. The van der Waals surface area contributed by atoms with Crippen LogP contribution in [0.25, 0.3) is 0 Å². The van der Waals surface area contributed by atoms with Gasteiger partial charge in [-0.15, -0.1) is 0 Å². The lowest BCUT2D eigenvalue weighted by atomic mass is 9.83. The van der Waals surface area contributed by atoms with Crippen LogP contribution in [0.1, 0.15) is 47.5 Å². The van der Waals surface area contributed by atoms with Crippen molar-refractivity contribution < 1.29 is 33.7 Å². The summed E-state index contributed by atoms with van der Waals surface area (Å²) in [5, 5.41) is 11.0. The highest BCUT2D eigenvalue weighted by atomic mass is 16.6. The molecule has 0 saturated carbocycles. The third kappa shape index (κ3) is 5.15. The average Bonchev–Trinajstić information content (AvgIpc) is 2.93. The Kier molecular flexibility index (Phi) is 7.41. The molecule has 1 saturated heterocycles. The molecule has 0 radical (unpaired) electrons. The van der Waals surface area contributed by atoms with E-state index in [0.717, 1.165) is 0 Å². The van der Waals surface area contributed by atoms with Gasteiger partial charge in [-0.2, -0.15) is 0 Å². The van der Waals surface area contributed by atoms with Crippen molar-refractivity contribution >= 4 is 17.9 Å². The van der Waals surface area contributed by atoms with Crippen molar-refractivity contribution in [3.05, 3.63) is 35.5 Å². The highest BCUT2D eigenvalue weighted by Crippen LogP contribution is 2.37. The maximum absolute atomic E-state index is 12.5. The lowest BCUT2D eigenvalue weighted by Crippen LogP contribution is -2.43. The van der Waals surface area contributed by atoms with E-state index in [0.29, 0.717) is 24.0 Å². The Morgan fingerprint density at radius 1 is 1.31 bits per heavy atom. The van der Waals surface area contributed by atoms with Gasteiger partial charge in [0.25, 0.3) is 0 Å². The van der Waals surface area contributed by atoms with Crippen LogP contribution in [0.2, 0.25) is 0 Å². The molecule has 7 heteroatoms. The highest BCUT2D eigenvalue weighted by Gasteiger charge is 2.48. The first kappa shape index (κ1) is 22.9. The molecule has 0 aromatic heterocycles. The molecule has 0 spiro atoms. The van der Waals surface area contributed by atoms with Crippen LogP contribution >= 0.6 is 0 Å². The normalized spacial score (nSPS) is 31.0. The molecule has 29 heavy (non-hydrogen) atoms. The first-order valence-electron chi connectivity index (χ1n) is 9.87. The fraction of sp³-hybridized carbons (Fsp3) is 0.591. The summed E-state index contributed by atoms with van der Waals surface area (Å²) in [6.45, 7) is 12.2. The first-order valence-corrected chi connectivity index (χ1v) is 9.87. The van der Waals surface area contributed by atoms with Crippen molar-refractivity contribution in [3.63, 3.8) is 0 Å². The van der Waals surface area contributed by atoms with Crippen LogP contribution in [-0.4, -0.2) is 47.4 Å². The average molecular weight is 406 g/mol. The minimum Gasteiger partial charge on any atom is -0.458 e. The maximum Gasteiger partial charge on any atom is 0.334 e. The van der Waals surface area contributed by atoms with E-state index in [1.807, 2.05) is 6.92 Å². The van der Waals surface area contributed by atoms with Crippen LogP contribution in [0.4, 0.5) is 0 Å². The van der Waals surface area contributed by atoms with Gasteiger partial charge in [-0.3, -0.25) is 9.59 Å². The number of aliphatic hydroxyl groups is 1. The van der Waals surface area contributed by atoms with Gasteiger partial charge in [0, 0.05) is 18.9 Å². The molecule has 160 valence electrons. The number of hydrogen-bond acceptors (Lipinski definition) is 7. The van der Waals surface area contributed by atoms with Gasteiger partial charge in [-0.25, -0.2) is 4.79 Å². The lowest BCUT2D eigenvalue weighted by molar-refractivity contribution is -0.162. The second-order valence-corrected chi connectivity index (χ2v) is 7.77. The molecule has 1 heterocycles. The lowest BCUT2D eigenvalue weighted by Gasteiger charge is -2.32. The second kappa shape index (κ2) is 9.39. The molecule has 0 aromatic rings. The molecular weight excluding hydrogens is 376 g/mol. The molecule has 0 aromatic carbocycles. The first-order chi connectivity index (χ1) is 13.6. The molecule has 0 bridgehead atoms. The molecule has 1 aliphatic heterocycles. The summed E-state index contributed by atoms with van der Waals surface area (Å²) in [5.41, 5.74) is 1.38. The number of esters is 3. The van der Waals surface area contributed by atoms with E-state index in [1.54, 1.807) is 32.9 Å². The molecular formula is C22H30O7. The van der Waals surface area contributed by atoms with Crippen molar-refractivity contribution in [2.24, 2.45) is 11.8 Å². The van der Waals surface area contributed by atoms with Gasteiger partial charge in [0.2, 0.25) is 0 Å². The molecule has 1 aliphatic carbocycles. The topological polar surface area (TPSA) is 99.1 Å². The highest BCUT2D eigenvalue weighted by molar-refractivity contribution is 5.91. The Morgan fingerprint density at radius 2 is 1.97 bits per heavy atom. The molecule has 6 atom stereocenters. The van der Waals surface area contributed by atoms with E-state index in [2.05, 4.69) is 6.58 Å². The number of aliphatic hydroxyl groups excluding tert-OH is 1. The molecule has 1 N–H and O–H groups in total. The maximum atomic E-state index is 12.5. The van der Waals surface area contributed by atoms with E-state index in [-0.39, 0.29) is 11.5 Å². The molecule has 6 unspecified atom stereocenters. The van der Waals surface area contributed by atoms with E-state index in [4.69, 9.17) is 14.2 Å². The van der Waals surface area contributed by atoms with E-state index in [9.17, 15) is 19.5 Å². The Morgan fingerprint density at radius 3 is 2.55 bits per heavy atom. The number of carbonyl (C=O) groups is 3. The zero-order chi connectivity index (χ0) is 21.9. The van der Waals surface area contributed by atoms with Crippen LogP contribution in [-0.2, 0) is 28.6 Å². The van der Waals surface area contributed by atoms with E-state index >= 15 is 0 Å². The van der Waals surface area contributed by atoms with Gasteiger partial charge in [-0.05, 0) is 37.5 Å². The summed E-state index contributed by atoms with van der Waals surface area (Å²) in [5.74, 6) is -2.59. The summed E-state index contributed by atoms with van der Waals surface area (Å²) in [6, 6.07) is 0. The predicted molar refractivity (Wildman–Crippen MR) is 106 cm³/mol. The summed E-state index contributed by atoms with van der Waals surface area (Å²) in [7, 11) is 0. The number of hydrogen-bond donors (Lipinski definition) is 1. The zero-order valence-corrected chi connectivity index (χ0v) is 17.6. The minimum atomic E-state index is -1.16. The summed E-state index contributed by atoms with van der Waals surface area (Å²) >= 11 is 0. The fourth-order valence-corrected chi connectivity index (χ4v) is 3.45. The zero-order valence-electron chi connectivity index (χ0n) is 17.6. The van der Waals surface area contributed by atoms with Gasteiger partial charge in [-0.1, -0.05) is 26.5 Å². The molecule has 2 aliphatic rings. The Labute approximate surface area is 171 Å². The third-order valence-corrected chi connectivity index (χ3v) is 5.56. The van der Waals surface area contributed by atoms with Gasteiger partial charge in [0.05, 0.1) is 11.8 Å². The van der Waals surface area contributed by atoms with Gasteiger partial charge < -0.3 is 19.3 Å². The number of fused-ring (bicyclic) bond motifs is 1. The second-order valence-electron chi connectivity index (χ2n) is 7.77. The Balaban J connectivity index is 2.49. The molecule has 7 nitrogen and oxygen atoms in total. The third-order valence-electron chi connectivity index (χ3n) is 5.56. The largest absolute Gasteiger partial charge is 0.458 e. The van der Waals surface area contributed by atoms with Crippen molar-refractivity contribution in [2.75, 3.05) is 0 Å². The number of rotatable bonds is 4. The van der Waals surface area contributed by atoms with Crippen LogP contribution in [0.3, 0.4) is 0 Å². The summed E-state index contributed by atoms with van der Waals surface area (Å²) in [6.07, 6.45) is 0.829. The van der Waals surface area contributed by atoms with Crippen LogP contribution in [0, 0.1) is 11.8 Å². The number of ether oxygens (including phenoxy) is 3. The van der Waals surface area contributed by atoms with Crippen molar-refractivity contribution in [2.45, 2.75) is 71.9 Å². The van der Waals surface area contributed by atoms with Crippen LogP contribution < -0.4 is 0 Å². The van der Waals surface area contributed by atoms with Gasteiger partial charge in [0.15, 0.2) is 0 Å². The van der Waals surface area contributed by atoms with E-state index < -0.39 is 48.2 Å². The van der Waals surface area contributed by atoms with E-state index in [1.165, 1.54) is 6.92 Å². The smallest absolute Gasteiger partial charge is 0.334 e. The summed E-state index contributed by atoms with van der Waals surface area (Å²) in [4.78, 5) is 36.2.